The molecule has 0 bridgehead atoms. The van der Waals surface area contributed by atoms with Crippen LogP contribution in [0.1, 0.15) is 26.2 Å². The Morgan fingerprint density at radius 2 is 1.36 bits per heavy atom. The molecular weight excluding hydrogens is 204 g/mol. The quantitative estimate of drug-likeness (QED) is 0.524. The third-order valence-corrected chi connectivity index (χ3v) is 1.96. The monoisotopic (exact) mass is 228 g/mol. The lowest BCUT2D eigenvalue weighted by Crippen LogP contribution is -2.39. The number of nitrogens with one attached hydrogen (secondary N) is 2. The van der Waals surface area contributed by atoms with Crippen LogP contribution >= 0.6 is 11.6 Å². The Morgan fingerprint density at radius 3 is 1.50 bits per heavy atom. The van der Waals surface area contributed by atoms with E-state index in [9.17, 15) is 0 Å². The summed E-state index contributed by atoms with van der Waals surface area (Å²) in [5.41, 5.74) is 0. The van der Waals surface area contributed by atoms with Gasteiger partial charge in [-0.05, 0) is 6.42 Å². The number of unbranched alkanes of at least 4 members (excludes halogenated alkanes) is 2. The molecule has 0 amide bonds. The zero-order chi connectivity index (χ0) is 9.07. The molecule has 0 unspecified atom stereocenters. The number of rotatable bonds is 3. The number of piperazine rings is 1. The zero-order valence-corrected chi connectivity index (χ0v) is 9.79. The van der Waals surface area contributed by atoms with E-state index in [4.69, 9.17) is 11.6 Å². The topological polar surface area (TPSA) is 87.1 Å². The summed E-state index contributed by atoms with van der Waals surface area (Å²) < 4.78 is 0. The van der Waals surface area contributed by atoms with E-state index < -0.39 is 0 Å². The first-order chi connectivity index (χ1) is 5.91. The fourth-order valence-corrected chi connectivity index (χ4v) is 1.14. The van der Waals surface area contributed by atoms with Crippen molar-refractivity contribution in [3.05, 3.63) is 0 Å². The number of hydrogen-bond donors (Lipinski definition) is 2. The van der Waals surface area contributed by atoms with Gasteiger partial charge in [0.2, 0.25) is 0 Å². The van der Waals surface area contributed by atoms with E-state index in [1.165, 1.54) is 19.3 Å². The number of halogens is 1. The molecule has 0 saturated carbocycles. The maximum atomic E-state index is 5.38. The van der Waals surface area contributed by atoms with Gasteiger partial charge in [0.05, 0.1) is 0 Å². The van der Waals surface area contributed by atoms with Crippen molar-refractivity contribution in [2.24, 2.45) is 0 Å². The van der Waals surface area contributed by atoms with E-state index in [1.807, 2.05) is 0 Å². The van der Waals surface area contributed by atoms with E-state index >= 15 is 0 Å². The Morgan fingerprint density at radius 1 is 0.929 bits per heavy atom. The molecule has 1 aliphatic heterocycles. The van der Waals surface area contributed by atoms with Crippen molar-refractivity contribution in [2.45, 2.75) is 26.2 Å². The largest absolute Gasteiger partial charge is 0.412 e. The summed E-state index contributed by atoms with van der Waals surface area (Å²) >= 11 is 5.38. The highest BCUT2D eigenvalue weighted by Gasteiger charge is 1.91. The summed E-state index contributed by atoms with van der Waals surface area (Å²) in [6.45, 7) is 6.73. The molecule has 1 rings (SSSR count). The van der Waals surface area contributed by atoms with Gasteiger partial charge >= 0.3 is 0 Å². The minimum absolute atomic E-state index is 0. The molecule has 0 spiro atoms. The highest BCUT2D eigenvalue weighted by Crippen LogP contribution is 1.93. The molecule has 90 valence electrons. The zero-order valence-electron chi connectivity index (χ0n) is 9.03. The van der Waals surface area contributed by atoms with Crippen LogP contribution in [0, 0.1) is 0 Å². The molecule has 1 heterocycles. The average molecular weight is 229 g/mol. The van der Waals surface area contributed by atoms with E-state index in [1.54, 1.807) is 0 Å². The maximum absolute atomic E-state index is 5.38. The van der Waals surface area contributed by atoms with E-state index in [0.717, 1.165) is 32.1 Å². The van der Waals surface area contributed by atoms with Crippen LogP contribution in [0.5, 0.6) is 0 Å². The fourth-order valence-electron chi connectivity index (χ4n) is 0.948. The third kappa shape index (κ3) is 18.0. The second-order valence-electron chi connectivity index (χ2n) is 2.90. The number of hydrogen-bond acceptors (Lipinski definition) is 2. The van der Waals surface area contributed by atoms with Crippen LogP contribution in [0.3, 0.4) is 0 Å². The lowest BCUT2D eigenvalue weighted by atomic mass is 10.3. The Hall–Kier alpha value is 0.130. The van der Waals surface area contributed by atoms with Gasteiger partial charge in [-0.1, -0.05) is 19.8 Å². The number of alkyl halides is 1. The molecule has 5 heteroatoms. The van der Waals surface area contributed by atoms with Crippen LogP contribution in [0.15, 0.2) is 0 Å². The lowest BCUT2D eigenvalue weighted by Gasteiger charge is -2.11. The minimum atomic E-state index is 0. The van der Waals surface area contributed by atoms with Crippen molar-refractivity contribution in [2.75, 3.05) is 32.1 Å². The van der Waals surface area contributed by atoms with Crippen LogP contribution in [-0.2, 0) is 0 Å². The van der Waals surface area contributed by atoms with E-state index in [2.05, 4.69) is 17.6 Å². The van der Waals surface area contributed by atoms with Gasteiger partial charge in [-0.25, -0.2) is 0 Å². The first-order valence-electron chi connectivity index (χ1n) is 4.89. The highest BCUT2D eigenvalue weighted by molar-refractivity contribution is 6.17. The van der Waals surface area contributed by atoms with Crippen molar-refractivity contribution in [3.8, 4) is 0 Å². The Bertz CT molecular complexity index is 67.7. The predicted molar refractivity (Wildman–Crippen MR) is 63.2 cm³/mol. The van der Waals surface area contributed by atoms with Gasteiger partial charge in [-0.3, -0.25) is 0 Å². The van der Waals surface area contributed by atoms with Crippen LogP contribution in [0.2, 0.25) is 0 Å². The van der Waals surface area contributed by atoms with Gasteiger partial charge in [-0.15, -0.1) is 11.6 Å². The molecule has 14 heavy (non-hydrogen) atoms. The van der Waals surface area contributed by atoms with Crippen molar-refractivity contribution >= 4 is 11.6 Å². The van der Waals surface area contributed by atoms with E-state index in [-0.39, 0.29) is 11.0 Å². The molecular formula is C9H25ClN2O2. The van der Waals surface area contributed by atoms with Crippen molar-refractivity contribution < 1.29 is 11.0 Å². The predicted octanol–water partition coefficient (Wildman–Crippen LogP) is -0.0548. The molecule has 4 nitrogen and oxygen atoms in total. The molecule has 0 radical (unpaired) electrons. The SMILES string of the molecule is C1CNCCN1.CCCCCCl.O.O. The van der Waals surface area contributed by atoms with Crippen LogP contribution in [0.25, 0.3) is 0 Å². The first kappa shape index (κ1) is 19.7. The molecule has 6 N–H and O–H groups in total. The van der Waals surface area contributed by atoms with Crippen LogP contribution < -0.4 is 10.6 Å². The lowest BCUT2D eigenvalue weighted by molar-refractivity contribution is 0.534. The average Bonchev–Trinajstić information content (AvgIpc) is 2.18. The van der Waals surface area contributed by atoms with Crippen LogP contribution in [-0.4, -0.2) is 43.0 Å². The van der Waals surface area contributed by atoms with Gasteiger partial charge in [0.25, 0.3) is 0 Å². The summed E-state index contributed by atoms with van der Waals surface area (Å²) in [5, 5.41) is 6.44. The summed E-state index contributed by atoms with van der Waals surface area (Å²) in [6, 6.07) is 0. The van der Waals surface area contributed by atoms with E-state index in [0.29, 0.717) is 0 Å². The van der Waals surface area contributed by atoms with Crippen molar-refractivity contribution in [1.82, 2.24) is 10.6 Å². The second kappa shape index (κ2) is 18.8. The summed E-state index contributed by atoms with van der Waals surface area (Å²) in [4.78, 5) is 0. The summed E-state index contributed by atoms with van der Waals surface area (Å²) in [5.74, 6) is 0.827. The molecule has 0 aromatic carbocycles. The van der Waals surface area contributed by atoms with Crippen molar-refractivity contribution in [3.63, 3.8) is 0 Å². The van der Waals surface area contributed by atoms with Gasteiger partial charge in [0, 0.05) is 32.1 Å². The molecule has 0 aromatic rings. The van der Waals surface area contributed by atoms with Gasteiger partial charge < -0.3 is 21.6 Å². The summed E-state index contributed by atoms with van der Waals surface area (Å²) in [7, 11) is 0. The van der Waals surface area contributed by atoms with Gasteiger partial charge in [0.1, 0.15) is 0 Å². The van der Waals surface area contributed by atoms with Crippen LogP contribution in [0.4, 0.5) is 0 Å². The molecule has 1 aliphatic rings. The normalized spacial score (nSPS) is 14.1. The molecule has 1 saturated heterocycles. The van der Waals surface area contributed by atoms with Gasteiger partial charge in [-0.2, -0.15) is 0 Å². The van der Waals surface area contributed by atoms with Gasteiger partial charge in [0.15, 0.2) is 0 Å². The maximum Gasteiger partial charge on any atom is 0.0223 e. The highest BCUT2D eigenvalue weighted by atomic mass is 35.5. The Balaban J connectivity index is -0.000000151. The molecule has 1 fully saturated rings. The minimum Gasteiger partial charge on any atom is -0.412 e. The molecule has 0 atom stereocenters. The molecule has 0 aliphatic carbocycles. The summed E-state index contributed by atoms with van der Waals surface area (Å²) in [6.07, 6.45) is 3.73. The second-order valence-corrected chi connectivity index (χ2v) is 3.27. The Kier molecular flexibility index (Phi) is 26.4. The fraction of sp³-hybridized carbons (Fsp3) is 1.00. The Labute approximate surface area is 92.0 Å². The standard InChI is InChI=1S/C5H11Cl.C4H10N2.2H2O/c1-2-3-4-5-6;1-2-6-4-3-5-1;;/h2-5H2,1H3;5-6H,1-4H2;2*1H2. The third-order valence-electron chi connectivity index (χ3n) is 1.69. The van der Waals surface area contributed by atoms with Crippen molar-refractivity contribution in [1.29, 1.82) is 0 Å². The smallest absolute Gasteiger partial charge is 0.0223 e. The first-order valence-corrected chi connectivity index (χ1v) is 5.42. The molecule has 0 aromatic heterocycles.